The average Bonchev–Trinajstić information content (AvgIpc) is 2.71. The first kappa shape index (κ1) is 18.3. The zero-order chi connectivity index (χ0) is 20.4. The highest BCUT2D eigenvalue weighted by atomic mass is 19.2. The SMILES string of the molecule is O=C(Nc1ccc(Nc2ccnc3[nH]c(=O)ccc23)cc1)c1ccc(F)c(F)c1. The third kappa shape index (κ3) is 3.96. The van der Waals surface area contributed by atoms with Crippen molar-refractivity contribution in [3.8, 4) is 0 Å². The fraction of sp³-hybridized carbons (Fsp3) is 0. The summed E-state index contributed by atoms with van der Waals surface area (Å²) in [5.41, 5.74) is 2.25. The number of H-pyrrole nitrogens is 1. The number of amides is 1. The Morgan fingerprint density at radius 2 is 1.66 bits per heavy atom. The number of aromatic nitrogens is 2. The van der Waals surface area contributed by atoms with Crippen molar-refractivity contribution in [3.05, 3.63) is 94.4 Å². The van der Waals surface area contributed by atoms with E-state index in [-0.39, 0.29) is 11.1 Å². The van der Waals surface area contributed by atoms with Crippen molar-refractivity contribution in [3.63, 3.8) is 0 Å². The molecule has 3 N–H and O–H groups in total. The number of hydrogen-bond acceptors (Lipinski definition) is 4. The number of fused-ring (bicyclic) bond motifs is 1. The van der Waals surface area contributed by atoms with Gasteiger partial charge in [-0.15, -0.1) is 0 Å². The lowest BCUT2D eigenvalue weighted by Gasteiger charge is -2.10. The second kappa shape index (κ2) is 7.51. The lowest BCUT2D eigenvalue weighted by Crippen LogP contribution is -2.12. The van der Waals surface area contributed by atoms with E-state index in [4.69, 9.17) is 0 Å². The van der Waals surface area contributed by atoms with Gasteiger partial charge in [-0.25, -0.2) is 13.8 Å². The summed E-state index contributed by atoms with van der Waals surface area (Å²) in [6, 6.07) is 14.7. The van der Waals surface area contributed by atoms with Crippen LogP contribution in [0.4, 0.5) is 25.8 Å². The van der Waals surface area contributed by atoms with Gasteiger partial charge in [0, 0.05) is 34.6 Å². The maximum Gasteiger partial charge on any atom is 0.255 e. The minimum absolute atomic E-state index is 0.0170. The van der Waals surface area contributed by atoms with E-state index >= 15 is 0 Å². The molecule has 2 aromatic carbocycles. The number of hydrogen-bond donors (Lipinski definition) is 3. The molecule has 0 atom stereocenters. The van der Waals surface area contributed by atoms with Crippen LogP contribution in [-0.4, -0.2) is 15.9 Å². The van der Waals surface area contributed by atoms with E-state index in [0.29, 0.717) is 11.3 Å². The molecule has 2 aromatic heterocycles. The summed E-state index contributed by atoms with van der Waals surface area (Å²) in [6.45, 7) is 0. The van der Waals surface area contributed by atoms with Crippen molar-refractivity contribution < 1.29 is 13.6 Å². The van der Waals surface area contributed by atoms with Crippen LogP contribution in [0.1, 0.15) is 10.4 Å². The predicted molar refractivity (Wildman–Crippen MR) is 106 cm³/mol. The van der Waals surface area contributed by atoms with E-state index in [1.54, 1.807) is 42.6 Å². The Hall–Kier alpha value is -4.07. The predicted octanol–water partition coefficient (Wildman–Crippen LogP) is 4.20. The number of halogens is 2. The van der Waals surface area contributed by atoms with Crippen molar-refractivity contribution in [2.24, 2.45) is 0 Å². The zero-order valence-corrected chi connectivity index (χ0v) is 14.9. The van der Waals surface area contributed by atoms with Crippen LogP contribution >= 0.6 is 0 Å². The Morgan fingerprint density at radius 1 is 0.897 bits per heavy atom. The third-order valence-corrected chi connectivity index (χ3v) is 4.24. The molecule has 0 aliphatic rings. The molecule has 0 unspecified atom stereocenters. The Bertz CT molecular complexity index is 1270. The number of benzene rings is 2. The summed E-state index contributed by atoms with van der Waals surface area (Å²) in [7, 11) is 0. The van der Waals surface area contributed by atoms with Crippen LogP contribution in [0.3, 0.4) is 0 Å². The number of nitrogens with zero attached hydrogens (tertiary/aromatic N) is 1. The summed E-state index contributed by atoms with van der Waals surface area (Å²) in [5.74, 6) is -2.64. The molecule has 8 heteroatoms. The first-order chi connectivity index (χ1) is 14.0. The molecule has 4 rings (SSSR count). The number of nitrogens with one attached hydrogen (secondary N) is 3. The molecular formula is C21H14F2N4O2. The quantitative estimate of drug-likeness (QED) is 0.486. The van der Waals surface area contributed by atoms with Gasteiger partial charge in [0.1, 0.15) is 5.65 Å². The average molecular weight is 392 g/mol. The molecule has 1 amide bonds. The molecule has 0 radical (unpaired) electrons. The van der Waals surface area contributed by atoms with Crippen LogP contribution in [0.2, 0.25) is 0 Å². The molecule has 0 bridgehead atoms. The van der Waals surface area contributed by atoms with Gasteiger partial charge < -0.3 is 15.6 Å². The van der Waals surface area contributed by atoms with Gasteiger partial charge in [-0.05, 0) is 54.6 Å². The van der Waals surface area contributed by atoms with Gasteiger partial charge in [0.05, 0.1) is 5.69 Å². The second-order valence-electron chi connectivity index (χ2n) is 6.23. The normalized spacial score (nSPS) is 10.7. The zero-order valence-electron chi connectivity index (χ0n) is 14.9. The molecule has 4 aromatic rings. The Morgan fingerprint density at radius 3 is 2.41 bits per heavy atom. The number of carbonyl (C=O) groups excluding carboxylic acids is 1. The highest BCUT2D eigenvalue weighted by molar-refractivity contribution is 6.04. The first-order valence-corrected chi connectivity index (χ1v) is 8.61. The molecule has 0 aliphatic carbocycles. The first-order valence-electron chi connectivity index (χ1n) is 8.61. The summed E-state index contributed by atoms with van der Waals surface area (Å²) < 4.78 is 26.3. The van der Waals surface area contributed by atoms with Crippen molar-refractivity contribution in [2.75, 3.05) is 10.6 Å². The van der Waals surface area contributed by atoms with Crippen molar-refractivity contribution in [1.82, 2.24) is 9.97 Å². The van der Waals surface area contributed by atoms with E-state index in [0.717, 1.165) is 28.9 Å². The minimum atomic E-state index is -1.08. The number of rotatable bonds is 4. The lowest BCUT2D eigenvalue weighted by molar-refractivity contribution is 0.102. The third-order valence-electron chi connectivity index (χ3n) is 4.24. The topological polar surface area (TPSA) is 86.9 Å². The van der Waals surface area contributed by atoms with Crippen LogP contribution in [0, 0.1) is 11.6 Å². The molecule has 0 saturated carbocycles. The highest BCUT2D eigenvalue weighted by Gasteiger charge is 2.10. The fourth-order valence-corrected chi connectivity index (χ4v) is 2.80. The maximum atomic E-state index is 13.3. The summed E-state index contributed by atoms with van der Waals surface area (Å²) in [4.78, 5) is 30.4. The van der Waals surface area contributed by atoms with E-state index in [1.165, 1.54) is 12.1 Å². The van der Waals surface area contributed by atoms with Crippen LogP contribution in [0.15, 0.2) is 71.7 Å². The molecule has 6 nitrogen and oxygen atoms in total. The fourth-order valence-electron chi connectivity index (χ4n) is 2.80. The molecule has 0 fully saturated rings. The van der Waals surface area contributed by atoms with Gasteiger partial charge in [-0.1, -0.05) is 0 Å². The molecule has 0 saturated heterocycles. The molecule has 29 heavy (non-hydrogen) atoms. The largest absolute Gasteiger partial charge is 0.355 e. The molecule has 0 aliphatic heterocycles. The van der Waals surface area contributed by atoms with Crippen molar-refractivity contribution >= 4 is 34.0 Å². The van der Waals surface area contributed by atoms with E-state index < -0.39 is 17.5 Å². The van der Waals surface area contributed by atoms with Gasteiger partial charge in [0.25, 0.3) is 5.91 Å². The van der Waals surface area contributed by atoms with Crippen molar-refractivity contribution in [1.29, 1.82) is 0 Å². The van der Waals surface area contributed by atoms with E-state index in [2.05, 4.69) is 20.6 Å². The molecule has 144 valence electrons. The van der Waals surface area contributed by atoms with Gasteiger partial charge in [0.2, 0.25) is 5.56 Å². The lowest BCUT2D eigenvalue weighted by atomic mass is 10.2. The van der Waals surface area contributed by atoms with Crippen LogP contribution in [-0.2, 0) is 0 Å². The smallest absolute Gasteiger partial charge is 0.255 e. The number of pyridine rings is 2. The number of carbonyl (C=O) groups is 1. The van der Waals surface area contributed by atoms with Gasteiger partial charge in [0.15, 0.2) is 11.6 Å². The van der Waals surface area contributed by atoms with Crippen molar-refractivity contribution in [2.45, 2.75) is 0 Å². The Balaban J connectivity index is 1.50. The van der Waals surface area contributed by atoms with Gasteiger partial charge in [-0.2, -0.15) is 0 Å². The minimum Gasteiger partial charge on any atom is -0.355 e. The second-order valence-corrected chi connectivity index (χ2v) is 6.23. The van der Waals surface area contributed by atoms with Crippen LogP contribution in [0.25, 0.3) is 11.0 Å². The highest BCUT2D eigenvalue weighted by Crippen LogP contribution is 2.24. The Labute approximate surface area is 163 Å². The molecular weight excluding hydrogens is 378 g/mol. The monoisotopic (exact) mass is 392 g/mol. The van der Waals surface area contributed by atoms with E-state index in [9.17, 15) is 18.4 Å². The number of anilines is 3. The van der Waals surface area contributed by atoms with Crippen LogP contribution in [0.5, 0.6) is 0 Å². The maximum absolute atomic E-state index is 13.3. The summed E-state index contributed by atoms with van der Waals surface area (Å²) in [6.07, 6.45) is 1.58. The molecule has 2 heterocycles. The van der Waals surface area contributed by atoms with Gasteiger partial charge >= 0.3 is 0 Å². The summed E-state index contributed by atoms with van der Waals surface area (Å²) in [5, 5.41) is 6.61. The standard InChI is InChI=1S/C21H14F2N4O2/c22-16-7-1-12(11-17(16)23)21(29)26-14-4-2-13(3-5-14)25-18-9-10-24-20-15(18)6-8-19(28)27-20/h1-11H,(H,26,29)(H2,24,25,27,28). The Kier molecular flexibility index (Phi) is 4.74. The van der Waals surface area contributed by atoms with Gasteiger partial charge in [-0.3, -0.25) is 9.59 Å². The van der Waals surface area contributed by atoms with Crippen LogP contribution < -0.4 is 16.2 Å². The number of aromatic amines is 1. The molecule has 0 spiro atoms. The summed E-state index contributed by atoms with van der Waals surface area (Å²) >= 11 is 0. The van der Waals surface area contributed by atoms with E-state index in [1.807, 2.05) is 0 Å².